The van der Waals surface area contributed by atoms with Gasteiger partial charge in [-0.05, 0) is 24.1 Å². The van der Waals surface area contributed by atoms with Crippen LogP contribution in [0, 0.1) is 10.1 Å². The quantitative estimate of drug-likeness (QED) is 0.578. The normalized spacial score (nSPS) is 12.4. The molecule has 0 radical (unpaired) electrons. The van der Waals surface area contributed by atoms with E-state index in [0.29, 0.717) is 6.54 Å². The van der Waals surface area contributed by atoms with Crippen molar-refractivity contribution in [1.29, 1.82) is 0 Å². The summed E-state index contributed by atoms with van der Waals surface area (Å²) in [6.07, 6.45) is 0.795. The number of aromatic nitrogens is 2. The number of para-hydroxylation sites is 2. The minimum atomic E-state index is -0.394. The number of nitro groups is 1. The molecular formula is C17H18N4O2. The maximum atomic E-state index is 10.8. The molecule has 2 aromatic carbocycles. The Bertz CT molecular complexity index is 839. The van der Waals surface area contributed by atoms with Crippen LogP contribution in [0.5, 0.6) is 0 Å². The Morgan fingerprint density at radius 1 is 1.22 bits per heavy atom. The topological polar surface area (TPSA) is 87.0 Å². The van der Waals surface area contributed by atoms with E-state index >= 15 is 0 Å². The van der Waals surface area contributed by atoms with Crippen LogP contribution < -0.4 is 5.73 Å². The molecule has 0 spiro atoms. The zero-order chi connectivity index (χ0) is 16.4. The fraction of sp³-hybridized carbons (Fsp3) is 0.235. The van der Waals surface area contributed by atoms with Crippen LogP contribution in [-0.4, -0.2) is 14.5 Å². The zero-order valence-electron chi connectivity index (χ0n) is 12.8. The molecule has 6 heteroatoms. The molecule has 118 valence electrons. The average Bonchev–Trinajstić information content (AvgIpc) is 2.93. The summed E-state index contributed by atoms with van der Waals surface area (Å²) in [6, 6.07) is 14.3. The lowest BCUT2D eigenvalue weighted by Gasteiger charge is -2.13. The number of benzene rings is 2. The van der Waals surface area contributed by atoms with Gasteiger partial charge in [-0.1, -0.05) is 31.2 Å². The van der Waals surface area contributed by atoms with Crippen LogP contribution in [-0.2, 0) is 6.54 Å². The van der Waals surface area contributed by atoms with E-state index in [1.807, 2.05) is 31.2 Å². The molecule has 0 saturated carbocycles. The van der Waals surface area contributed by atoms with Gasteiger partial charge in [0.2, 0.25) is 0 Å². The highest BCUT2D eigenvalue weighted by Crippen LogP contribution is 2.23. The highest BCUT2D eigenvalue weighted by Gasteiger charge is 2.16. The first-order chi connectivity index (χ1) is 11.1. The number of hydrogen-bond donors (Lipinski definition) is 1. The van der Waals surface area contributed by atoms with Gasteiger partial charge in [-0.2, -0.15) is 0 Å². The number of nitro benzene ring substituents is 1. The van der Waals surface area contributed by atoms with Gasteiger partial charge < -0.3 is 10.3 Å². The van der Waals surface area contributed by atoms with Crippen molar-refractivity contribution in [2.75, 3.05) is 0 Å². The number of hydrogen-bond acceptors (Lipinski definition) is 4. The fourth-order valence-electron chi connectivity index (χ4n) is 2.63. The largest absolute Gasteiger partial charge is 0.322 e. The average molecular weight is 310 g/mol. The van der Waals surface area contributed by atoms with Crippen molar-refractivity contribution in [2.24, 2.45) is 5.73 Å². The maximum absolute atomic E-state index is 10.8. The highest BCUT2D eigenvalue weighted by molar-refractivity contribution is 5.76. The van der Waals surface area contributed by atoms with Crippen molar-refractivity contribution in [2.45, 2.75) is 25.9 Å². The van der Waals surface area contributed by atoms with Crippen LogP contribution in [0.2, 0.25) is 0 Å². The maximum Gasteiger partial charge on any atom is 0.269 e. The number of nitrogens with two attached hydrogens (primary N) is 1. The molecule has 0 aliphatic rings. The Morgan fingerprint density at radius 3 is 2.57 bits per heavy atom. The molecule has 1 atom stereocenters. The highest BCUT2D eigenvalue weighted by atomic mass is 16.6. The Balaban J connectivity index is 2.02. The first-order valence-corrected chi connectivity index (χ1v) is 7.54. The molecule has 0 fully saturated rings. The van der Waals surface area contributed by atoms with E-state index in [0.717, 1.165) is 28.8 Å². The van der Waals surface area contributed by atoms with E-state index in [2.05, 4.69) is 9.55 Å². The van der Waals surface area contributed by atoms with E-state index in [1.165, 1.54) is 12.1 Å². The summed E-state index contributed by atoms with van der Waals surface area (Å²) >= 11 is 0. The van der Waals surface area contributed by atoms with Crippen molar-refractivity contribution in [3.63, 3.8) is 0 Å². The minimum Gasteiger partial charge on any atom is -0.322 e. The molecule has 0 bridgehead atoms. The lowest BCUT2D eigenvalue weighted by molar-refractivity contribution is -0.384. The third-order valence-corrected chi connectivity index (χ3v) is 3.94. The molecule has 0 aliphatic heterocycles. The lowest BCUT2D eigenvalue weighted by Crippen LogP contribution is -2.16. The number of fused-ring (bicyclic) bond motifs is 1. The SMILES string of the molecule is CCC(N)c1nc2ccccc2n1Cc1ccc([N+](=O)[O-])cc1. The van der Waals surface area contributed by atoms with Crippen LogP contribution in [0.4, 0.5) is 5.69 Å². The molecule has 6 nitrogen and oxygen atoms in total. The van der Waals surface area contributed by atoms with Gasteiger partial charge >= 0.3 is 0 Å². The summed E-state index contributed by atoms with van der Waals surface area (Å²) in [5.41, 5.74) is 9.20. The standard InChI is InChI=1S/C17H18N4O2/c1-2-14(18)17-19-15-5-3-4-6-16(15)20(17)11-12-7-9-13(10-8-12)21(22)23/h3-10,14H,2,11,18H2,1H3. The molecule has 2 N–H and O–H groups in total. The second-order valence-corrected chi connectivity index (χ2v) is 5.48. The van der Waals surface area contributed by atoms with Gasteiger partial charge in [0.15, 0.2) is 0 Å². The van der Waals surface area contributed by atoms with E-state index in [1.54, 1.807) is 12.1 Å². The van der Waals surface area contributed by atoms with Crippen LogP contribution in [0.3, 0.4) is 0 Å². The van der Waals surface area contributed by atoms with Crippen molar-refractivity contribution < 1.29 is 4.92 Å². The molecule has 0 aliphatic carbocycles. The third kappa shape index (κ3) is 2.93. The second kappa shape index (κ2) is 6.18. The lowest BCUT2D eigenvalue weighted by atomic mass is 10.2. The van der Waals surface area contributed by atoms with Crippen molar-refractivity contribution >= 4 is 16.7 Å². The fourth-order valence-corrected chi connectivity index (χ4v) is 2.63. The molecule has 1 aromatic heterocycles. The van der Waals surface area contributed by atoms with Gasteiger partial charge in [0.25, 0.3) is 5.69 Å². The van der Waals surface area contributed by atoms with Crippen LogP contribution in [0.1, 0.15) is 30.8 Å². The monoisotopic (exact) mass is 310 g/mol. The summed E-state index contributed by atoms with van der Waals surface area (Å²) in [7, 11) is 0. The Kier molecular flexibility index (Phi) is 4.08. The predicted octanol–water partition coefficient (Wildman–Crippen LogP) is 3.40. The van der Waals surface area contributed by atoms with Crippen molar-refractivity contribution in [3.05, 3.63) is 70.0 Å². The Morgan fingerprint density at radius 2 is 1.91 bits per heavy atom. The van der Waals surface area contributed by atoms with Gasteiger partial charge in [0, 0.05) is 18.7 Å². The molecule has 0 amide bonds. The number of nitrogens with zero attached hydrogens (tertiary/aromatic N) is 3. The summed E-state index contributed by atoms with van der Waals surface area (Å²) in [5, 5.41) is 10.8. The van der Waals surface area contributed by atoms with Gasteiger partial charge in [-0.25, -0.2) is 4.98 Å². The van der Waals surface area contributed by atoms with E-state index < -0.39 is 4.92 Å². The first-order valence-electron chi connectivity index (χ1n) is 7.54. The van der Waals surface area contributed by atoms with Crippen molar-refractivity contribution in [1.82, 2.24) is 9.55 Å². The minimum absolute atomic E-state index is 0.0923. The molecule has 1 heterocycles. The Hall–Kier alpha value is -2.73. The van der Waals surface area contributed by atoms with Gasteiger partial charge in [-0.15, -0.1) is 0 Å². The summed E-state index contributed by atoms with van der Waals surface area (Å²) in [6.45, 7) is 2.61. The molecule has 3 rings (SSSR count). The van der Waals surface area contributed by atoms with Crippen LogP contribution in [0.25, 0.3) is 11.0 Å². The summed E-state index contributed by atoms with van der Waals surface area (Å²) in [4.78, 5) is 15.0. The van der Waals surface area contributed by atoms with E-state index in [4.69, 9.17) is 5.73 Å². The van der Waals surface area contributed by atoms with Gasteiger partial charge in [0.05, 0.1) is 22.0 Å². The van der Waals surface area contributed by atoms with Crippen molar-refractivity contribution in [3.8, 4) is 0 Å². The van der Waals surface area contributed by atoms with Gasteiger partial charge in [0.1, 0.15) is 5.82 Å². The first kappa shape index (κ1) is 15.2. The smallest absolute Gasteiger partial charge is 0.269 e. The van der Waals surface area contributed by atoms with E-state index in [9.17, 15) is 10.1 Å². The molecule has 1 unspecified atom stereocenters. The Labute approximate surface area is 133 Å². The second-order valence-electron chi connectivity index (χ2n) is 5.48. The molecule has 23 heavy (non-hydrogen) atoms. The number of non-ortho nitro benzene ring substituents is 1. The van der Waals surface area contributed by atoms with E-state index in [-0.39, 0.29) is 11.7 Å². The van der Waals surface area contributed by atoms with Crippen LogP contribution in [0.15, 0.2) is 48.5 Å². The molecular weight excluding hydrogens is 292 g/mol. The molecule has 0 saturated heterocycles. The summed E-state index contributed by atoms with van der Waals surface area (Å²) in [5.74, 6) is 0.840. The number of rotatable bonds is 5. The molecule has 3 aromatic rings. The predicted molar refractivity (Wildman–Crippen MR) is 89.2 cm³/mol. The van der Waals surface area contributed by atoms with Gasteiger partial charge in [-0.3, -0.25) is 10.1 Å². The summed E-state index contributed by atoms with van der Waals surface area (Å²) < 4.78 is 2.09. The van der Waals surface area contributed by atoms with Crippen LogP contribution >= 0.6 is 0 Å². The zero-order valence-corrected chi connectivity index (χ0v) is 12.8. The third-order valence-electron chi connectivity index (χ3n) is 3.94. The number of imidazole rings is 1.